The van der Waals surface area contributed by atoms with Crippen LogP contribution in [0.1, 0.15) is 10.4 Å². The van der Waals surface area contributed by atoms with Crippen LogP contribution in [0.25, 0.3) is 21.2 Å². The largest absolute Gasteiger partial charge is 0.493 e. The van der Waals surface area contributed by atoms with Crippen molar-refractivity contribution in [1.29, 1.82) is 0 Å². The van der Waals surface area contributed by atoms with E-state index in [1.54, 1.807) is 36.4 Å². The number of benzene rings is 3. The van der Waals surface area contributed by atoms with E-state index < -0.39 is 11.7 Å². The Labute approximate surface area is 193 Å². The quantitative estimate of drug-likeness (QED) is 0.416. The molecule has 0 atom stereocenters. The first-order chi connectivity index (χ1) is 16.0. The molecule has 0 radical (unpaired) electrons. The summed E-state index contributed by atoms with van der Waals surface area (Å²) >= 11 is 1.20. The molecule has 1 aromatic heterocycles. The molecule has 0 fully saturated rings. The molecule has 0 aliphatic heterocycles. The van der Waals surface area contributed by atoms with Crippen LogP contribution in [-0.2, 0) is 0 Å². The first kappa shape index (κ1) is 22.3. The number of halogens is 1. The zero-order valence-corrected chi connectivity index (χ0v) is 18.9. The minimum absolute atomic E-state index is 0.0950. The average Bonchev–Trinajstić information content (AvgIpc) is 2.84. The van der Waals surface area contributed by atoms with Crippen LogP contribution in [0.5, 0.6) is 17.2 Å². The van der Waals surface area contributed by atoms with E-state index in [0.29, 0.717) is 27.3 Å². The highest BCUT2D eigenvalue weighted by atomic mass is 32.1. The lowest BCUT2D eigenvalue weighted by Crippen LogP contribution is -2.16. The summed E-state index contributed by atoms with van der Waals surface area (Å²) < 4.78 is 31.3. The number of nitrogens with one attached hydrogen (secondary N) is 1. The molecule has 1 amide bonds. The lowest BCUT2D eigenvalue weighted by atomic mass is 10.0. The smallest absolute Gasteiger partial charge is 0.256 e. The maximum absolute atomic E-state index is 14.7. The van der Waals surface area contributed by atoms with E-state index in [4.69, 9.17) is 14.2 Å². The van der Waals surface area contributed by atoms with Crippen LogP contribution in [0, 0.1) is 5.82 Å². The normalized spacial score (nSPS) is 10.7. The number of carbonyl (C=O) groups excluding carboxylic acids is 1. The summed E-state index contributed by atoms with van der Waals surface area (Å²) in [4.78, 5) is 26.6. The molecular formula is C25H20FNO5S. The van der Waals surface area contributed by atoms with Crippen molar-refractivity contribution >= 4 is 32.3 Å². The minimum atomic E-state index is -0.555. The van der Waals surface area contributed by atoms with Gasteiger partial charge in [-0.05, 0) is 30.3 Å². The predicted molar refractivity (Wildman–Crippen MR) is 128 cm³/mol. The molecule has 0 bridgehead atoms. The zero-order chi connectivity index (χ0) is 23.5. The second kappa shape index (κ2) is 9.30. The molecule has 0 aliphatic carbocycles. The van der Waals surface area contributed by atoms with Gasteiger partial charge in [0.1, 0.15) is 10.8 Å². The Morgan fingerprint density at radius 2 is 1.55 bits per heavy atom. The third-order valence-electron chi connectivity index (χ3n) is 5.10. The first-order valence-electron chi connectivity index (χ1n) is 9.90. The van der Waals surface area contributed by atoms with Gasteiger partial charge in [0.25, 0.3) is 5.91 Å². The standard InChI is InChI=1S/C25H20FNO5S/c1-30-18-12-14(13-19(31-2)23(18)32-3)24(29)27-25-21(15-8-4-6-10-17(15)26)22(28)16-9-5-7-11-20(16)33-25/h4-13H,1-3H3,(H,27,29). The number of methoxy groups -OCH3 is 3. The number of carbonyl (C=O) groups is 1. The molecule has 6 nitrogen and oxygen atoms in total. The second-order valence-corrected chi connectivity index (χ2v) is 8.03. The summed E-state index contributed by atoms with van der Waals surface area (Å²) in [6.45, 7) is 0. The summed E-state index contributed by atoms with van der Waals surface area (Å²) in [7, 11) is 4.36. The molecule has 4 rings (SSSR count). The molecule has 0 unspecified atom stereocenters. The number of ether oxygens (including phenoxy) is 3. The van der Waals surface area contributed by atoms with Crippen LogP contribution in [0.15, 0.2) is 65.5 Å². The van der Waals surface area contributed by atoms with Crippen LogP contribution in [0.2, 0.25) is 0 Å². The van der Waals surface area contributed by atoms with Crippen LogP contribution in [0.4, 0.5) is 9.39 Å². The van der Waals surface area contributed by atoms with Gasteiger partial charge >= 0.3 is 0 Å². The summed E-state index contributed by atoms with van der Waals surface area (Å²) in [6, 6.07) is 16.0. The van der Waals surface area contributed by atoms with Gasteiger partial charge in [-0.1, -0.05) is 30.3 Å². The number of anilines is 1. The van der Waals surface area contributed by atoms with Gasteiger partial charge in [0.15, 0.2) is 16.9 Å². The molecule has 168 valence electrons. The third kappa shape index (κ3) is 4.12. The monoisotopic (exact) mass is 465 g/mol. The third-order valence-corrected chi connectivity index (χ3v) is 6.18. The van der Waals surface area contributed by atoms with E-state index in [1.807, 2.05) is 0 Å². The number of amides is 1. The first-order valence-corrected chi connectivity index (χ1v) is 10.7. The fraction of sp³-hybridized carbons (Fsp3) is 0.120. The molecule has 4 aromatic rings. The molecular weight excluding hydrogens is 445 g/mol. The molecule has 1 heterocycles. The molecule has 8 heteroatoms. The fourth-order valence-corrected chi connectivity index (χ4v) is 4.61. The van der Waals surface area contributed by atoms with Gasteiger partial charge in [0.05, 0.1) is 26.9 Å². The fourth-order valence-electron chi connectivity index (χ4n) is 3.53. The van der Waals surface area contributed by atoms with Crippen molar-refractivity contribution in [2.24, 2.45) is 0 Å². The molecule has 0 saturated carbocycles. The Balaban J connectivity index is 1.87. The van der Waals surface area contributed by atoms with Gasteiger partial charge in [-0.3, -0.25) is 9.59 Å². The Morgan fingerprint density at radius 1 is 0.909 bits per heavy atom. The Kier molecular flexibility index (Phi) is 6.28. The molecule has 0 saturated heterocycles. The highest BCUT2D eigenvalue weighted by Gasteiger charge is 2.21. The maximum atomic E-state index is 14.7. The average molecular weight is 466 g/mol. The van der Waals surface area contributed by atoms with Crippen molar-refractivity contribution in [3.8, 4) is 28.4 Å². The van der Waals surface area contributed by atoms with Crippen molar-refractivity contribution in [1.82, 2.24) is 0 Å². The van der Waals surface area contributed by atoms with Crippen molar-refractivity contribution in [2.75, 3.05) is 26.6 Å². The maximum Gasteiger partial charge on any atom is 0.256 e. The SMILES string of the molecule is COc1cc(C(=O)Nc2sc3ccccc3c(=O)c2-c2ccccc2F)cc(OC)c1OC. The summed E-state index contributed by atoms with van der Waals surface area (Å²) in [5.41, 5.74) is 0.0636. The predicted octanol–water partition coefficient (Wildman–Crippen LogP) is 5.35. The van der Waals surface area contributed by atoms with Crippen molar-refractivity contribution < 1.29 is 23.4 Å². The number of hydrogen-bond donors (Lipinski definition) is 1. The Bertz CT molecular complexity index is 1390. The summed E-state index contributed by atoms with van der Waals surface area (Å²) in [6.07, 6.45) is 0. The van der Waals surface area contributed by atoms with Crippen LogP contribution >= 0.6 is 11.3 Å². The van der Waals surface area contributed by atoms with Crippen LogP contribution < -0.4 is 25.0 Å². The highest BCUT2D eigenvalue weighted by Crippen LogP contribution is 2.39. The Hall–Kier alpha value is -3.91. The topological polar surface area (TPSA) is 73.9 Å². The number of fused-ring (bicyclic) bond motifs is 1. The van der Waals surface area contributed by atoms with Gasteiger partial charge in [-0.15, -0.1) is 11.3 Å². The molecule has 33 heavy (non-hydrogen) atoms. The van der Waals surface area contributed by atoms with E-state index in [0.717, 1.165) is 0 Å². The molecule has 1 N–H and O–H groups in total. The second-order valence-electron chi connectivity index (χ2n) is 6.98. The van der Waals surface area contributed by atoms with Crippen LogP contribution in [0.3, 0.4) is 0 Å². The van der Waals surface area contributed by atoms with Crippen molar-refractivity contribution in [3.63, 3.8) is 0 Å². The Morgan fingerprint density at radius 3 is 2.18 bits per heavy atom. The highest BCUT2D eigenvalue weighted by molar-refractivity contribution is 7.22. The molecule has 3 aromatic carbocycles. The van der Waals surface area contributed by atoms with Crippen LogP contribution in [-0.4, -0.2) is 27.2 Å². The van der Waals surface area contributed by atoms with E-state index >= 15 is 0 Å². The molecule has 0 spiro atoms. The zero-order valence-electron chi connectivity index (χ0n) is 18.1. The van der Waals surface area contributed by atoms with Gasteiger partial charge < -0.3 is 19.5 Å². The molecule has 0 aliphatic rings. The lowest BCUT2D eigenvalue weighted by molar-refractivity contribution is 0.102. The number of hydrogen-bond acceptors (Lipinski definition) is 6. The minimum Gasteiger partial charge on any atom is -0.493 e. The van der Waals surface area contributed by atoms with E-state index in [1.165, 1.54) is 56.9 Å². The lowest BCUT2D eigenvalue weighted by Gasteiger charge is -2.15. The van der Waals surface area contributed by atoms with Crippen molar-refractivity contribution in [3.05, 3.63) is 82.3 Å². The van der Waals surface area contributed by atoms with Crippen molar-refractivity contribution in [2.45, 2.75) is 0 Å². The van der Waals surface area contributed by atoms with E-state index in [9.17, 15) is 14.0 Å². The van der Waals surface area contributed by atoms with Gasteiger partial charge in [0.2, 0.25) is 5.75 Å². The van der Waals surface area contributed by atoms with Gasteiger partial charge in [-0.25, -0.2) is 4.39 Å². The van der Waals surface area contributed by atoms with Gasteiger partial charge in [0, 0.05) is 21.2 Å². The van der Waals surface area contributed by atoms with Gasteiger partial charge in [-0.2, -0.15) is 0 Å². The van der Waals surface area contributed by atoms with E-state index in [-0.39, 0.29) is 27.1 Å². The number of rotatable bonds is 6. The summed E-state index contributed by atoms with van der Waals surface area (Å²) in [5, 5.41) is 3.48. The van der Waals surface area contributed by atoms with E-state index in [2.05, 4.69) is 5.32 Å². The summed E-state index contributed by atoms with van der Waals surface area (Å²) in [5.74, 6) is -0.108.